The lowest BCUT2D eigenvalue weighted by molar-refractivity contribution is 0.0697. The Balaban J connectivity index is 2.04. The van der Waals surface area contributed by atoms with Crippen molar-refractivity contribution in [3.8, 4) is 0 Å². The third-order valence-electron chi connectivity index (χ3n) is 3.37. The van der Waals surface area contributed by atoms with Gasteiger partial charge < -0.3 is 15.3 Å². The molecule has 0 bridgehead atoms. The van der Waals surface area contributed by atoms with E-state index >= 15 is 0 Å². The van der Waals surface area contributed by atoms with E-state index in [-0.39, 0.29) is 0 Å². The number of benzene rings is 1. The average molecular weight is 248 g/mol. The Kier molecular flexibility index (Phi) is 4.20. The number of piperazine rings is 1. The van der Waals surface area contributed by atoms with Crippen LogP contribution in [0.15, 0.2) is 24.3 Å². The second-order valence-corrected chi connectivity index (χ2v) is 4.74. The van der Waals surface area contributed by atoms with Gasteiger partial charge in [-0.05, 0) is 30.7 Å². The Morgan fingerprint density at radius 1 is 1.44 bits per heavy atom. The monoisotopic (exact) mass is 248 g/mol. The summed E-state index contributed by atoms with van der Waals surface area (Å²) in [5, 5.41) is 12.4. The minimum absolute atomic E-state index is 0.346. The molecule has 1 heterocycles. The van der Waals surface area contributed by atoms with Crippen LogP contribution in [0.2, 0.25) is 0 Å². The molecule has 0 saturated carbocycles. The summed E-state index contributed by atoms with van der Waals surface area (Å²) in [6.07, 6.45) is 2.37. The molecule has 0 aromatic heterocycles. The first-order chi connectivity index (χ1) is 8.70. The van der Waals surface area contributed by atoms with Crippen molar-refractivity contribution < 1.29 is 9.90 Å². The number of carboxylic acids is 1. The summed E-state index contributed by atoms with van der Waals surface area (Å²) in [5.41, 5.74) is 1.46. The van der Waals surface area contributed by atoms with Crippen LogP contribution in [-0.4, -0.2) is 36.8 Å². The van der Waals surface area contributed by atoms with Crippen molar-refractivity contribution in [2.75, 3.05) is 24.5 Å². The number of hydrogen-bond donors (Lipinski definition) is 2. The molecule has 98 valence electrons. The van der Waals surface area contributed by atoms with Crippen LogP contribution in [0.4, 0.5) is 5.69 Å². The lowest BCUT2D eigenvalue weighted by atomic mass is 10.1. The van der Waals surface area contributed by atoms with Gasteiger partial charge in [-0.15, -0.1) is 0 Å². The fraction of sp³-hybridized carbons (Fsp3) is 0.500. The third-order valence-corrected chi connectivity index (χ3v) is 3.37. The first-order valence-corrected chi connectivity index (χ1v) is 6.52. The molecule has 0 unspecified atom stereocenters. The summed E-state index contributed by atoms with van der Waals surface area (Å²) in [6, 6.07) is 7.70. The van der Waals surface area contributed by atoms with Crippen molar-refractivity contribution in [1.29, 1.82) is 0 Å². The van der Waals surface area contributed by atoms with E-state index < -0.39 is 5.97 Å². The first kappa shape index (κ1) is 12.9. The highest BCUT2D eigenvalue weighted by molar-refractivity contribution is 5.88. The number of carboxylic acid groups (broad SMARTS) is 1. The molecule has 1 aromatic rings. The van der Waals surface area contributed by atoms with Gasteiger partial charge in [0.2, 0.25) is 0 Å². The molecule has 2 N–H and O–H groups in total. The van der Waals surface area contributed by atoms with Gasteiger partial charge in [-0.1, -0.05) is 13.3 Å². The molecule has 1 fully saturated rings. The molecule has 1 atom stereocenters. The van der Waals surface area contributed by atoms with Crippen molar-refractivity contribution in [1.82, 2.24) is 5.32 Å². The van der Waals surface area contributed by atoms with Crippen LogP contribution in [0.5, 0.6) is 0 Å². The van der Waals surface area contributed by atoms with Crippen LogP contribution in [0, 0.1) is 0 Å². The van der Waals surface area contributed by atoms with Gasteiger partial charge >= 0.3 is 5.97 Å². The molecular formula is C14H20N2O2. The standard InChI is InChI=1S/C14H20N2O2/c1-2-3-12-10-16(9-8-15-12)13-6-4-11(5-7-13)14(17)18/h4-7,12,15H,2-3,8-10H2,1H3,(H,17,18)/t12-/m1/s1. The van der Waals surface area contributed by atoms with Gasteiger partial charge in [0.1, 0.15) is 0 Å². The number of anilines is 1. The molecule has 18 heavy (non-hydrogen) atoms. The minimum Gasteiger partial charge on any atom is -0.478 e. The molecule has 0 spiro atoms. The van der Waals surface area contributed by atoms with Crippen LogP contribution in [0.3, 0.4) is 0 Å². The molecular weight excluding hydrogens is 228 g/mol. The number of rotatable bonds is 4. The van der Waals surface area contributed by atoms with Crippen LogP contribution >= 0.6 is 0 Å². The Morgan fingerprint density at radius 2 is 2.17 bits per heavy atom. The zero-order valence-corrected chi connectivity index (χ0v) is 10.7. The van der Waals surface area contributed by atoms with Gasteiger partial charge in [-0.25, -0.2) is 4.79 Å². The lowest BCUT2D eigenvalue weighted by Crippen LogP contribution is -2.50. The molecule has 4 nitrogen and oxygen atoms in total. The van der Waals surface area contributed by atoms with Crippen molar-refractivity contribution in [2.45, 2.75) is 25.8 Å². The van der Waals surface area contributed by atoms with Gasteiger partial charge in [0.25, 0.3) is 0 Å². The normalized spacial score (nSPS) is 19.8. The van der Waals surface area contributed by atoms with E-state index in [0.29, 0.717) is 11.6 Å². The molecule has 2 rings (SSSR count). The SMILES string of the molecule is CCC[C@@H]1CN(c2ccc(C(=O)O)cc2)CCN1. The number of hydrogen-bond acceptors (Lipinski definition) is 3. The quantitative estimate of drug-likeness (QED) is 0.855. The van der Waals surface area contributed by atoms with Crippen LogP contribution in [0.25, 0.3) is 0 Å². The van der Waals surface area contributed by atoms with E-state index in [2.05, 4.69) is 17.1 Å². The van der Waals surface area contributed by atoms with Crippen LogP contribution < -0.4 is 10.2 Å². The van der Waals surface area contributed by atoms with Crippen molar-refractivity contribution in [2.24, 2.45) is 0 Å². The first-order valence-electron chi connectivity index (χ1n) is 6.52. The van der Waals surface area contributed by atoms with Gasteiger partial charge in [0, 0.05) is 31.4 Å². The predicted octanol–water partition coefficient (Wildman–Crippen LogP) is 1.96. The second-order valence-electron chi connectivity index (χ2n) is 4.74. The largest absolute Gasteiger partial charge is 0.478 e. The van der Waals surface area contributed by atoms with Crippen LogP contribution in [0.1, 0.15) is 30.1 Å². The molecule has 1 aliphatic heterocycles. The van der Waals surface area contributed by atoms with Crippen LogP contribution in [-0.2, 0) is 0 Å². The summed E-state index contributed by atoms with van der Waals surface area (Å²) in [4.78, 5) is 13.1. The maximum Gasteiger partial charge on any atom is 0.335 e. The third kappa shape index (κ3) is 3.01. The zero-order valence-electron chi connectivity index (χ0n) is 10.7. The second kappa shape index (κ2) is 5.87. The summed E-state index contributed by atoms with van der Waals surface area (Å²) in [6.45, 7) is 5.17. The van der Waals surface area contributed by atoms with Gasteiger partial charge in [0.15, 0.2) is 0 Å². The van der Waals surface area contributed by atoms with Gasteiger partial charge in [0.05, 0.1) is 5.56 Å². The molecule has 0 aliphatic carbocycles. The fourth-order valence-electron chi connectivity index (χ4n) is 2.42. The number of aromatic carboxylic acids is 1. The number of nitrogens with one attached hydrogen (secondary N) is 1. The lowest BCUT2D eigenvalue weighted by Gasteiger charge is -2.35. The highest BCUT2D eigenvalue weighted by Crippen LogP contribution is 2.18. The predicted molar refractivity (Wildman–Crippen MR) is 72.3 cm³/mol. The number of nitrogens with zero attached hydrogens (tertiary/aromatic N) is 1. The Morgan fingerprint density at radius 3 is 2.78 bits per heavy atom. The highest BCUT2D eigenvalue weighted by Gasteiger charge is 2.18. The molecule has 0 radical (unpaired) electrons. The molecule has 1 aliphatic rings. The number of carbonyl (C=O) groups is 1. The summed E-state index contributed by atoms with van der Waals surface area (Å²) < 4.78 is 0. The van der Waals surface area contributed by atoms with E-state index in [1.165, 1.54) is 12.8 Å². The van der Waals surface area contributed by atoms with Gasteiger partial charge in [-0.3, -0.25) is 0 Å². The van der Waals surface area contributed by atoms with Crippen molar-refractivity contribution in [3.05, 3.63) is 29.8 Å². The summed E-state index contributed by atoms with van der Waals surface area (Å²) >= 11 is 0. The van der Waals surface area contributed by atoms with E-state index in [9.17, 15) is 4.79 Å². The van der Waals surface area contributed by atoms with E-state index in [1.807, 2.05) is 12.1 Å². The maximum absolute atomic E-state index is 10.8. The average Bonchev–Trinajstić information content (AvgIpc) is 2.39. The van der Waals surface area contributed by atoms with Crippen molar-refractivity contribution in [3.63, 3.8) is 0 Å². The van der Waals surface area contributed by atoms with E-state index in [4.69, 9.17) is 5.11 Å². The summed E-state index contributed by atoms with van der Waals surface area (Å²) in [7, 11) is 0. The fourth-order valence-corrected chi connectivity index (χ4v) is 2.42. The molecule has 0 amide bonds. The Bertz CT molecular complexity index is 401. The molecule has 1 saturated heterocycles. The highest BCUT2D eigenvalue weighted by atomic mass is 16.4. The van der Waals surface area contributed by atoms with E-state index in [0.717, 1.165) is 25.3 Å². The topological polar surface area (TPSA) is 52.6 Å². The summed E-state index contributed by atoms with van der Waals surface area (Å²) in [5.74, 6) is -0.870. The van der Waals surface area contributed by atoms with Crippen molar-refractivity contribution >= 4 is 11.7 Å². The Labute approximate surface area is 108 Å². The minimum atomic E-state index is -0.870. The van der Waals surface area contributed by atoms with Gasteiger partial charge in [-0.2, -0.15) is 0 Å². The smallest absolute Gasteiger partial charge is 0.335 e. The Hall–Kier alpha value is -1.55. The maximum atomic E-state index is 10.8. The van der Waals surface area contributed by atoms with E-state index in [1.54, 1.807) is 12.1 Å². The molecule has 1 aromatic carbocycles. The zero-order chi connectivity index (χ0) is 13.0. The molecule has 4 heteroatoms.